The van der Waals surface area contributed by atoms with Crippen molar-refractivity contribution in [2.24, 2.45) is 5.41 Å². The Labute approximate surface area is 73.3 Å². The predicted molar refractivity (Wildman–Crippen MR) is 46.8 cm³/mol. The molecule has 0 aromatic rings. The molecule has 1 aliphatic carbocycles. The zero-order valence-electron chi connectivity index (χ0n) is 8.11. The van der Waals surface area contributed by atoms with Gasteiger partial charge in [0.15, 0.2) is 11.5 Å². The molecule has 0 N–H and O–H groups in total. The topological polar surface area (TPSA) is 17.1 Å². The maximum Gasteiger partial charge on any atom is 0.173 e. The molecular weight excluding hydrogens is 155 g/mol. The van der Waals surface area contributed by atoms with E-state index in [2.05, 4.69) is 0 Å². The molecule has 0 amide bonds. The van der Waals surface area contributed by atoms with Crippen molar-refractivity contribution in [1.29, 1.82) is 0 Å². The molecule has 0 bridgehead atoms. The zero-order valence-corrected chi connectivity index (χ0v) is 8.11. The highest BCUT2D eigenvalue weighted by Crippen LogP contribution is 2.42. The Kier molecular flexibility index (Phi) is 2.28. The van der Waals surface area contributed by atoms with Gasteiger partial charge in [0.05, 0.1) is 0 Å². The lowest BCUT2D eigenvalue weighted by molar-refractivity contribution is -0.141. The third-order valence-corrected chi connectivity index (χ3v) is 2.81. The van der Waals surface area contributed by atoms with Gasteiger partial charge in [0, 0.05) is 11.8 Å². The van der Waals surface area contributed by atoms with Crippen molar-refractivity contribution in [2.45, 2.75) is 52.1 Å². The highest BCUT2D eigenvalue weighted by Gasteiger charge is 2.49. The molecule has 0 aliphatic heterocycles. The standard InChI is InChI=1S/C10H17FO/c1-9(2,3)10(11)7-5-4-6-8(10)12/h4-7H2,1-3H3. The molecule has 0 radical (unpaired) electrons. The Hall–Kier alpha value is -0.400. The summed E-state index contributed by atoms with van der Waals surface area (Å²) in [5.74, 6) is -0.193. The molecule has 1 aliphatic rings. The van der Waals surface area contributed by atoms with Crippen molar-refractivity contribution in [1.82, 2.24) is 0 Å². The van der Waals surface area contributed by atoms with Crippen molar-refractivity contribution in [3.8, 4) is 0 Å². The Morgan fingerprint density at radius 2 is 1.92 bits per heavy atom. The van der Waals surface area contributed by atoms with E-state index in [1.807, 2.05) is 0 Å². The summed E-state index contributed by atoms with van der Waals surface area (Å²) in [6, 6.07) is 0. The van der Waals surface area contributed by atoms with Gasteiger partial charge in [-0.1, -0.05) is 20.8 Å². The second-order valence-electron chi connectivity index (χ2n) is 4.68. The Bertz CT molecular complexity index is 193. The van der Waals surface area contributed by atoms with E-state index >= 15 is 0 Å². The lowest BCUT2D eigenvalue weighted by Crippen LogP contribution is -2.47. The maximum absolute atomic E-state index is 14.1. The monoisotopic (exact) mass is 172 g/mol. The van der Waals surface area contributed by atoms with E-state index in [1.54, 1.807) is 20.8 Å². The van der Waals surface area contributed by atoms with E-state index in [4.69, 9.17) is 0 Å². The molecule has 0 heterocycles. The van der Waals surface area contributed by atoms with Crippen molar-refractivity contribution < 1.29 is 9.18 Å². The number of hydrogen-bond donors (Lipinski definition) is 0. The van der Waals surface area contributed by atoms with E-state index < -0.39 is 11.1 Å². The number of rotatable bonds is 0. The number of Topliss-reactive ketones (excluding diaryl/α,β-unsaturated/α-hetero) is 1. The summed E-state index contributed by atoms with van der Waals surface area (Å²) < 4.78 is 14.1. The van der Waals surface area contributed by atoms with Crippen LogP contribution in [0.15, 0.2) is 0 Å². The van der Waals surface area contributed by atoms with Crippen LogP contribution in [0.5, 0.6) is 0 Å². The van der Waals surface area contributed by atoms with Crippen molar-refractivity contribution in [3.05, 3.63) is 0 Å². The van der Waals surface area contributed by atoms with Crippen LogP contribution >= 0.6 is 0 Å². The molecule has 2 heteroatoms. The minimum Gasteiger partial charge on any atom is -0.296 e. The molecule has 0 aromatic carbocycles. The smallest absolute Gasteiger partial charge is 0.173 e. The molecule has 1 rings (SSSR count). The highest BCUT2D eigenvalue weighted by atomic mass is 19.1. The Morgan fingerprint density at radius 3 is 2.25 bits per heavy atom. The number of hydrogen-bond acceptors (Lipinski definition) is 1. The lowest BCUT2D eigenvalue weighted by Gasteiger charge is -2.38. The Morgan fingerprint density at radius 1 is 1.33 bits per heavy atom. The lowest BCUT2D eigenvalue weighted by atomic mass is 9.69. The molecule has 1 fully saturated rings. The number of carbonyl (C=O) groups is 1. The summed E-state index contributed by atoms with van der Waals surface area (Å²) in [5.41, 5.74) is -2.10. The number of halogens is 1. The van der Waals surface area contributed by atoms with Gasteiger partial charge in [-0.2, -0.15) is 0 Å². The number of carbonyl (C=O) groups excluding carboxylic acids is 1. The molecule has 1 saturated carbocycles. The van der Waals surface area contributed by atoms with Gasteiger partial charge >= 0.3 is 0 Å². The highest BCUT2D eigenvalue weighted by molar-refractivity contribution is 5.88. The molecule has 1 unspecified atom stereocenters. The SMILES string of the molecule is CC(C)(C)C1(F)CCCCC1=O. The summed E-state index contributed by atoms with van der Waals surface area (Å²) >= 11 is 0. The minimum absolute atomic E-state index is 0.193. The van der Waals surface area contributed by atoms with E-state index in [0.717, 1.165) is 12.8 Å². The van der Waals surface area contributed by atoms with E-state index in [-0.39, 0.29) is 5.78 Å². The van der Waals surface area contributed by atoms with Crippen LogP contribution in [0.4, 0.5) is 4.39 Å². The Balaban J connectivity index is 2.87. The summed E-state index contributed by atoms with van der Waals surface area (Å²) in [6.45, 7) is 5.41. The first-order chi connectivity index (χ1) is 5.38. The van der Waals surface area contributed by atoms with Crippen LogP contribution in [0, 0.1) is 5.41 Å². The largest absolute Gasteiger partial charge is 0.296 e. The summed E-state index contributed by atoms with van der Waals surface area (Å²) in [4.78, 5) is 11.4. The van der Waals surface area contributed by atoms with Crippen LogP contribution in [0.1, 0.15) is 46.5 Å². The van der Waals surface area contributed by atoms with E-state index in [1.165, 1.54) is 0 Å². The van der Waals surface area contributed by atoms with Crippen LogP contribution < -0.4 is 0 Å². The summed E-state index contributed by atoms with van der Waals surface area (Å²) in [5, 5.41) is 0. The quantitative estimate of drug-likeness (QED) is 0.549. The molecule has 12 heavy (non-hydrogen) atoms. The fourth-order valence-electron chi connectivity index (χ4n) is 1.78. The van der Waals surface area contributed by atoms with Gasteiger partial charge in [0.1, 0.15) is 0 Å². The first kappa shape index (κ1) is 9.69. The average Bonchev–Trinajstić information content (AvgIpc) is 1.93. The van der Waals surface area contributed by atoms with Gasteiger partial charge in [0.25, 0.3) is 0 Å². The van der Waals surface area contributed by atoms with Crippen LogP contribution in [0.2, 0.25) is 0 Å². The van der Waals surface area contributed by atoms with Crippen molar-refractivity contribution in [3.63, 3.8) is 0 Å². The molecule has 0 spiro atoms. The van der Waals surface area contributed by atoms with E-state index in [9.17, 15) is 9.18 Å². The van der Waals surface area contributed by atoms with Gasteiger partial charge in [0.2, 0.25) is 0 Å². The van der Waals surface area contributed by atoms with Gasteiger partial charge in [-0.05, 0) is 19.3 Å². The van der Waals surface area contributed by atoms with Crippen LogP contribution in [0.3, 0.4) is 0 Å². The first-order valence-electron chi connectivity index (χ1n) is 4.60. The molecule has 0 saturated heterocycles. The van der Waals surface area contributed by atoms with Crippen LogP contribution in [-0.2, 0) is 4.79 Å². The van der Waals surface area contributed by atoms with Crippen molar-refractivity contribution in [2.75, 3.05) is 0 Å². The second kappa shape index (κ2) is 2.82. The molecule has 0 aromatic heterocycles. The van der Waals surface area contributed by atoms with Crippen LogP contribution in [0.25, 0.3) is 0 Å². The zero-order chi connectivity index (χ0) is 9.41. The van der Waals surface area contributed by atoms with Gasteiger partial charge < -0.3 is 0 Å². The minimum atomic E-state index is -1.56. The fourth-order valence-corrected chi connectivity index (χ4v) is 1.78. The third-order valence-electron chi connectivity index (χ3n) is 2.81. The van der Waals surface area contributed by atoms with Gasteiger partial charge in [-0.3, -0.25) is 4.79 Å². The second-order valence-corrected chi connectivity index (χ2v) is 4.68. The maximum atomic E-state index is 14.1. The average molecular weight is 172 g/mol. The molecule has 1 atom stereocenters. The van der Waals surface area contributed by atoms with Gasteiger partial charge in [-0.25, -0.2) is 4.39 Å². The van der Waals surface area contributed by atoms with E-state index in [0.29, 0.717) is 12.8 Å². The molecule has 70 valence electrons. The molecule has 1 nitrogen and oxygen atoms in total. The third kappa shape index (κ3) is 1.39. The van der Waals surface area contributed by atoms with Crippen LogP contribution in [-0.4, -0.2) is 11.5 Å². The fraction of sp³-hybridized carbons (Fsp3) is 0.900. The first-order valence-corrected chi connectivity index (χ1v) is 4.60. The van der Waals surface area contributed by atoms with Crippen molar-refractivity contribution >= 4 is 5.78 Å². The van der Waals surface area contributed by atoms with Gasteiger partial charge in [-0.15, -0.1) is 0 Å². The summed E-state index contributed by atoms with van der Waals surface area (Å²) in [6.07, 6.45) is 2.54. The number of alkyl halides is 1. The molecular formula is C10H17FO. The number of ketones is 1. The predicted octanol–water partition coefficient (Wildman–Crippen LogP) is 2.88. The summed E-state index contributed by atoms with van der Waals surface area (Å²) in [7, 11) is 0. The normalized spacial score (nSPS) is 32.2.